The van der Waals surface area contributed by atoms with E-state index in [1.807, 2.05) is 48.5 Å². The van der Waals surface area contributed by atoms with Crippen LogP contribution < -0.4 is 0 Å². The van der Waals surface area contributed by atoms with Crippen LogP contribution in [0.5, 0.6) is 0 Å². The van der Waals surface area contributed by atoms with Crippen LogP contribution in [0.1, 0.15) is 27.0 Å². The van der Waals surface area contributed by atoms with Crippen LogP contribution >= 0.6 is 15.9 Å². The number of hydrogen-bond donors (Lipinski definition) is 0. The predicted octanol–water partition coefficient (Wildman–Crippen LogP) is 6.37. The van der Waals surface area contributed by atoms with Crippen LogP contribution in [-0.2, 0) is 0 Å². The summed E-state index contributed by atoms with van der Waals surface area (Å²) in [5.74, 6) is 5.77. The molecule has 134 valence electrons. The molecule has 0 saturated carbocycles. The molecule has 28 heavy (non-hydrogen) atoms. The van der Waals surface area contributed by atoms with Gasteiger partial charge in [-0.05, 0) is 57.0 Å². The minimum Gasteiger partial charge on any atom is -0.289 e. The SMILES string of the molecule is O=C(c1ccccc1)c1c(C#Cc2ccccc2)c(Br)cc2cc(F)ccc12. The lowest BCUT2D eigenvalue weighted by Crippen LogP contribution is -2.06. The first-order valence-corrected chi connectivity index (χ1v) is 9.51. The van der Waals surface area contributed by atoms with Crippen molar-refractivity contribution in [1.29, 1.82) is 0 Å². The third kappa shape index (κ3) is 3.60. The molecule has 0 heterocycles. The van der Waals surface area contributed by atoms with Gasteiger partial charge in [0.15, 0.2) is 5.78 Å². The van der Waals surface area contributed by atoms with E-state index in [0.29, 0.717) is 31.9 Å². The zero-order chi connectivity index (χ0) is 19.5. The fourth-order valence-corrected chi connectivity index (χ4v) is 3.64. The summed E-state index contributed by atoms with van der Waals surface area (Å²) in [6.45, 7) is 0. The lowest BCUT2D eigenvalue weighted by molar-refractivity contribution is 0.104. The van der Waals surface area contributed by atoms with Crippen molar-refractivity contribution < 1.29 is 9.18 Å². The maximum atomic E-state index is 13.8. The van der Waals surface area contributed by atoms with Crippen LogP contribution in [-0.4, -0.2) is 5.78 Å². The first kappa shape index (κ1) is 18.2. The highest BCUT2D eigenvalue weighted by Gasteiger charge is 2.19. The second kappa shape index (κ2) is 7.80. The molecule has 1 nitrogen and oxygen atoms in total. The van der Waals surface area contributed by atoms with Crippen LogP contribution in [0.15, 0.2) is 89.4 Å². The van der Waals surface area contributed by atoms with Gasteiger partial charge < -0.3 is 0 Å². The summed E-state index contributed by atoms with van der Waals surface area (Å²) < 4.78 is 14.4. The van der Waals surface area contributed by atoms with E-state index in [1.165, 1.54) is 12.1 Å². The molecule has 0 aliphatic rings. The van der Waals surface area contributed by atoms with Gasteiger partial charge in [0.2, 0.25) is 0 Å². The van der Waals surface area contributed by atoms with E-state index in [2.05, 4.69) is 27.8 Å². The Morgan fingerprint density at radius 1 is 0.821 bits per heavy atom. The molecule has 0 bridgehead atoms. The maximum Gasteiger partial charge on any atom is 0.194 e. The van der Waals surface area contributed by atoms with E-state index >= 15 is 0 Å². The van der Waals surface area contributed by atoms with Crippen molar-refractivity contribution in [2.24, 2.45) is 0 Å². The molecule has 0 radical (unpaired) electrons. The second-order valence-electron chi connectivity index (χ2n) is 6.29. The molecule has 0 N–H and O–H groups in total. The molecule has 0 atom stereocenters. The number of carbonyl (C=O) groups is 1. The van der Waals surface area contributed by atoms with Gasteiger partial charge in [-0.25, -0.2) is 4.39 Å². The Morgan fingerprint density at radius 3 is 2.21 bits per heavy atom. The lowest BCUT2D eigenvalue weighted by Gasteiger charge is -2.11. The van der Waals surface area contributed by atoms with E-state index in [4.69, 9.17) is 0 Å². The Hall–Kier alpha value is -3.22. The van der Waals surface area contributed by atoms with Gasteiger partial charge in [-0.2, -0.15) is 0 Å². The molecule has 3 heteroatoms. The van der Waals surface area contributed by atoms with Crippen molar-refractivity contribution in [2.45, 2.75) is 0 Å². The van der Waals surface area contributed by atoms with E-state index in [0.717, 1.165) is 5.56 Å². The number of carbonyl (C=O) groups excluding carboxylic acids is 1. The van der Waals surface area contributed by atoms with Crippen molar-refractivity contribution in [1.82, 2.24) is 0 Å². The van der Waals surface area contributed by atoms with Crippen molar-refractivity contribution in [3.63, 3.8) is 0 Å². The number of hydrogen-bond acceptors (Lipinski definition) is 1. The minimum atomic E-state index is -0.347. The van der Waals surface area contributed by atoms with Crippen LogP contribution in [0.2, 0.25) is 0 Å². The molecule has 4 aromatic rings. The largest absolute Gasteiger partial charge is 0.289 e. The van der Waals surface area contributed by atoms with Crippen molar-refractivity contribution in [3.05, 3.63) is 117 Å². The van der Waals surface area contributed by atoms with Crippen LogP contribution in [0.25, 0.3) is 10.8 Å². The zero-order valence-corrected chi connectivity index (χ0v) is 16.3. The molecule has 4 rings (SSSR count). The standard InChI is InChI=1S/C25H14BrFO/c26-23-16-19-15-20(27)12-14-21(19)24(25(28)18-9-5-2-6-10-18)22(23)13-11-17-7-3-1-4-8-17/h1-10,12,14-16H. The number of halogens is 2. The molecule has 0 fully saturated rings. The number of benzene rings is 4. The summed E-state index contributed by atoms with van der Waals surface area (Å²) in [6, 6.07) is 24.9. The quantitative estimate of drug-likeness (QED) is 0.267. The van der Waals surface area contributed by atoms with Gasteiger partial charge in [0.25, 0.3) is 0 Å². The summed E-state index contributed by atoms with van der Waals surface area (Å²) in [4.78, 5) is 13.3. The molecular formula is C25H14BrFO. The Balaban J connectivity index is 1.98. The fourth-order valence-electron chi connectivity index (χ4n) is 3.09. The lowest BCUT2D eigenvalue weighted by atomic mass is 9.92. The highest BCUT2D eigenvalue weighted by Crippen LogP contribution is 2.31. The summed E-state index contributed by atoms with van der Waals surface area (Å²) in [5.41, 5.74) is 2.48. The average Bonchev–Trinajstić information content (AvgIpc) is 2.72. The van der Waals surface area contributed by atoms with Crippen molar-refractivity contribution in [3.8, 4) is 11.8 Å². The smallest absolute Gasteiger partial charge is 0.194 e. The molecule has 0 spiro atoms. The summed E-state index contributed by atoms with van der Waals surface area (Å²) in [7, 11) is 0. The minimum absolute atomic E-state index is 0.143. The zero-order valence-electron chi connectivity index (χ0n) is 14.7. The Labute approximate surface area is 171 Å². The van der Waals surface area contributed by atoms with E-state index in [1.54, 1.807) is 24.3 Å². The molecule has 0 aliphatic carbocycles. The van der Waals surface area contributed by atoms with Crippen LogP contribution in [0.3, 0.4) is 0 Å². The number of rotatable bonds is 2. The summed E-state index contributed by atoms with van der Waals surface area (Å²) in [6.07, 6.45) is 0. The van der Waals surface area contributed by atoms with Gasteiger partial charge >= 0.3 is 0 Å². The first-order valence-electron chi connectivity index (χ1n) is 8.72. The highest BCUT2D eigenvalue weighted by atomic mass is 79.9. The van der Waals surface area contributed by atoms with Gasteiger partial charge in [-0.15, -0.1) is 0 Å². The molecule has 0 saturated heterocycles. The highest BCUT2D eigenvalue weighted by molar-refractivity contribution is 9.10. The third-order valence-electron chi connectivity index (χ3n) is 4.42. The molecule has 0 amide bonds. The van der Waals surface area contributed by atoms with Gasteiger partial charge in [0, 0.05) is 21.2 Å². The second-order valence-corrected chi connectivity index (χ2v) is 7.14. The molecule has 0 aromatic heterocycles. The first-order chi connectivity index (χ1) is 13.6. The Bertz CT molecular complexity index is 1240. The number of ketones is 1. The molecule has 4 aromatic carbocycles. The van der Waals surface area contributed by atoms with E-state index in [-0.39, 0.29) is 11.6 Å². The fraction of sp³-hybridized carbons (Fsp3) is 0. The van der Waals surface area contributed by atoms with Gasteiger partial charge in [-0.1, -0.05) is 66.4 Å². The van der Waals surface area contributed by atoms with Gasteiger partial charge in [0.05, 0.1) is 5.56 Å². The molecular weight excluding hydrogens is 415 g/mol. The monoisotopic (exact) mass is 428 g/mol. The van der Waals surface area contributed by atoms with E-state index in [9.17, 15) is 9.18 Å². The number of fused-ring (bicyclic) bond motifs is 1. The Kier molecular flexibility index (Phi) is 5.06. The summed E-state index contributed by atoms with van der Waals surface area (Å²) in [5, 5.41) is 1.33. The Morgan fingerprint density at radius 2 is 1.50 bits per heavy atom. The third-order valence-corrected chi connectivity index (χ3v) is 5.05. The normalized spacial score (nSPS) is 10.4. The van der Waals surface area contributed by atoms with Crippen LogP contribution in [0, 0.1) is 17.7 Å². The van der Waals surface area contributed by atoms with E-state index < -0.39 is 0 Å². The van der Waals surface area contributed by atoms with Crippen molar-refractivity contribution >= 4 is 32.5 Å². The van der Waals surface area contributed by atoms with Gasteiger partial charge in [0.1, 0.15) is 5.82 Å². The maximum absolute atomic E-state index is 13.8. The summed E-state index contributed by atoms with van der Waals surface area (Å²) >= 11 is 3.53. The topological polar surface area (TPSA) is 17.1 Å². The van der Waals surface area contributed by atoms with Crippen LogP contribution in [0.4, 0.5) is 4.39 Å². The van der Waals surface area contributed by atoms with Gasteiger partial charge in [-0.3, -0.25) is 4.79 Å². The predicted molar refractivity (Wildman–Crippen MR) is 114 cm³/mol. The molecule has 0 aliphatic heterocycles. The average molecular weight is 429 g/mol. The van der Waals surface area contributed by atoms with Crippen molar-refractivity contribution in [2.75, 3.05) is 0 Å². The molecule has 0 unspecified atom stereocenters.